The van der Waals surface area contributed by atoms with Crippen molar-refractivity contribution in [2.75, 3.05) is 6.54 Å². The first-order valence-electron chi connectivity index (χ1n) is 4.01. The molecule has 0 amide bonds. The molecule has 0 unspecified atom stereocenters. The molecule has 0 saturated heterocycles. The average Bonchev–Trinajstić information content (AvgIpc) is 2.12. The van der Waals surface area contributed by atoms with Crippen molar-refractivity contribution in [1.29, 1.82) is 0 Å². The third kappa shape index (κ3) is 1.79. The Kier molecular flexibility index (Phi) is 2.85. The monoisotopic (exact) mass is 184 g/mol. The Morgan fingerprint density at radius 2 is 2.15 bits per heavy atom. The molecule has 1 atom stereocenters. The molecule has 1 rings (SSSR count). The second kappa shape index (κ2) is 3.72. The summed E-state index contributed by atoms with van der Waals surface area (Å²) in [6.45, 7) is 1.79. The Bertz CT molecular complexity index is 315. The van der Waals surface area contributed by atoms with E-state index in [4.69, 9.17) is 11.5 Å². The first kappa shape index (κ1) is 9.95. The molecule has 0 spiro atoms. The molecular formula is C9H13FN2O. The van der Waals surface area contributed by atoms with Crippen LogP contribution in [0, 0.1) is 12.7 Å². The molecule has 0 bridgehead atoms. The van der Waals surface area contributed by atoms with E-state index in [1.54, 1.807) is 6.92 Å². The molecule has 0 aromatic heterocycles. The second-order valence-electron chi connectivity index (χ2n) is 2.97. The van der Waals surface area contributed by atoms with Gasteiger partial charge in [-0.1, -0.05) is 6.07 Å². The Morgan fingerprint density at radius 3 is 2.69 bits per heavy atom. The smallest absolute Gasteiger partial charge is 0.131 e. The van der Waals surface area contributed by atoms with Crippen LogP contribution in [0.25, 0.3) is 0 Å². The molecule has 3 nitrogen and oxygen atoms in total. The predicted octanol–water partition coefficient (Wildman–Crippen LogP) is 0.798. The Labute approximate surface area is 76.2 Å². The third-order valence-electron chi connectivity index (χ3n) is 1.99. The molecule has 1 aromatic rings. The highest BCUT2D eigenvalue weighted by Gasteiger charge is 2.16. The summed E-state index contributed by atoms with van der Waals surface area (Å²) in [5.41, 5.74) is 11.5. The quantitative estimate of drug-likeness (QED) is 0.636. The number of phenolic OH excluding ortho intramolecular Hbond substituents is 1. The number of aryl methyl sites for hydroxylation is 1. The molecule has 0 saturated carbocycles. The van der Waals surface area contributed by atoms with Gasteiger partial charge >= 0.3 is 0 Å². The summed E-state index contributed by atoms with van der Waals surface area (Å²) in [5.74, 6) is -0.612. The molecular weight excluding hydrogens is 171 g/mol. The summed E-state index contributed by atoms with van der Waals surface area (Å²) in [7, 11) is 0. The van der Waals surface area contributed by atoms with Crippen molar-refractivity contribution < 1.29 is 9.50 Å². The number of hydrogen-bond donors (Lipinski definition) is 3. The standard InChI is InChI=1S/C9H13FN2O/c1-5-2-3-6(10)8(9(5)13)7(12)4-11/h2-3,7,13H,4,11-12H2,1H3/t7-/m1/s1. The lowest BCUT2D eigenvalue weighted by Crippen LogP contribution is -2.22. The summed E-state index contributed by atoms with van der Waals surface area (Å²) in [5, 5.41) is 9.50. The van der Waals surface area contributed by atoms with Gasteiger partial charge in [-0.15, -0.1) is 0 Å². The third-order valence-corrected chi connectivity index (χ3v) is 1.99. The fourth-order valence-corrected chi connectivity index (χ4v) is 1.16. The molecule has 0 heterocycles. The Hall–Kier alpha value is -1.13. The van der Waals surface area contributed by atoms with Crippen LogP contribution in [0.2, 0.25) is 0 Å². The molecule has 4 heteroatoms. The molecule has 0 aliphatic heterocycles. The zero-order valence-electron chi connectivity index (χ0n) is 7.42. The minimum absolute atomic E-state index is 0.0991. The molecule has 72 valence electrons. The van der Waals surface area contributed by atoms with Gasteiger partial charge in [0.15, 0.2) is 0 Å². The van der Waals surface area contributed by atoms with Gasteiger partial charge in [0.1, 0.15) is 11.6 Å². The molecule has 0 fully saturated rings. The van der Waals surface area contributed by atoms with E-state index in [0.717, 1.165) is 0 Å². The second-order valence-corrected chi connectivity index (χ2v) is 2.97. The molecule has 0 radical (unpaired) electrons. The summed E-state index contributed by atoms with van der Waals surface area (Å²) < 4.78 is 13.2. The summed E-state index contributed by atoms with van der Waals surface area (Å²) in [6, 6.07) is 2.12. The highest BCUT2D eigenvalue weighted by Crippen LogP contribution is 2.28. The number of halogens is 1. The van der Waals surface area contributed by atoms with Gasteiger partial charge < -0.3 is 16.6 Å². The van der Waals surface area contributed by atoms with Gasteiger partial charge in [0, 0.05) is 18.2 Å². The number of phenols is 1. The van der Waals surface area contributed by atoms with Crippen LogP contribution in [0.3, 0.4) is 0 Å². The average molecular weight is 184 g/mol. The highest BCUT2D eigenvalue weighted by atomic mass is 19.1. The summed E-state index contributed by atoms with van der Waals surface area (Å²) in [4.78, 5) is 0. The SMILES string of the molecule is Cc1ccc(F)c([C@H](N)CN)c1O. The van der Waals surface area contributed by atoms with Crippen LogP contribution in [-0.2, 0) is 0 Å². The number of hydrogen-bond acceptors (Lipinski definition) is 3. The van der Waals surface area contributed by atoms with E-state index in [1.165, 1.54) is 12.1 Å². The van der Waals surface area contributed by atoms with Crippen molar-refractivity contribution in [2.24, 2.45) is 11.5 Å². The topological polar surface area (TPSA) is 72.3 Å². The minimum Gasteiger partial charge on any atom is -0.507 e. The number of benzene rings is 1. The van der Waals surface area contributed by atoms with Crippen LogP contribution in [0.1, 0.15) is 17.2 Å². The molecule has 0 aliphatic carbocycles. The van der Waals surface area contributed by atoms with Crippen LogP contribution in [0.5, 0.6) is 5.75 Å². The fourth-order valence-electron chi connectivity index (χ4n) is 1.16. The van der Waals surface area contributed by atoms with Crippen molar-refractivity contribution in [3.8, 4) is 5.75 Å². The zero-order valence-corrected chi connectivity index (χ0v) is 7.42. The van der Waals surface area contributed by atoms with Gasteiger partial charge in [-0.3, -0.25) is 0 Å². The van der Waals surface area contributed by atoms with Gasteiger partial charge in [-0.25, -0.2) is 4.39 Å². The summed E-state index contributed by atoms with van der Waals surface area (Å²) in [6.07, 6.45) is 0. The number of nitrogens with two attached hydrogens (primary N) is 2. The Morgan fingerprint density at radius 1 is 1.54 bits per heavy atom. The van der Waals surface area contributed by atoms with E-state index in [1.807, 2.05) is 0 Å². The largest absolute Gasteiger partial charge is 0.507 e. The van der Waals surface area contributed by atoms with E-state index in [0.29, 0.717) is 5.56 Å². The van der Waals surface area contributed by atoms with Crippen LogP contribution in [0.15, 0.2) is 12.1 Å². The van der Waals surface area contributed by atoms with Crippen molar-refractivity contribution >= 4 is 0 Å². The number of aromatic hydroxyl groups is 1. The normalized spacial score (nSPS) is 12.9. The maximum absolute atomic E-state index is 13.2. The lowest BCUT2D eigenvalue weighted by molar-refractivity contribution is 0.445. The van der Waals surface area contributed by atoms with Crippen LogP contribution in [-0.4, -0.2) is 11.7 Å². The predicted molar refractivity (Wildman–Crippen MR) is 48.8 cm³/mol. The van der Waals surface area contributed by atoms with Gasteiger partial charge in [-0.05, 0) is 18.6 Å². The van der Waals surface area contributed by atoms with Crippen LogP contribution >= 0.6 is 0 Å². The Balaban J connectivity index is 3.25. The first-order valence-corrected chi connectivity index (χ1v) is 4.01. The van der Waals surface area contributed by atoms with E-state index in [9.17, 15) is 9.50 Å². The molecule has 5 N–H and O–H groups in total. The number of rotatable bonds is 2. The molecule has 13 heavy (non-hydrogen) atoms. The summed E-state index contributed by atoms with van der Waals surface area (Å²) >= 11 is 0. The van der Waals surface area contributed by atoms with Crippen molar-refractivity contribution in [3.63, 3.8) is 0 Å². The van der Waals surface area contributed by atoms with Crippen LogP contribution in [0.4, 0.5) is 4.39 Å². The molecule has 0 aliphatic rings. The van der Waals surface area contributed by atoms with E-state index in [2.05, 4.69) is 0 Å². The van der Waals surface area contributed by atoms with Gasteiger partial charge in [0.05, 0.1) is 0 Å². The zero-order chi connectivity index (χ0) is 10.0. The van der Waals surface area contributed by atoms with Gasteiger partial charge in [0.25, 0.3) is 0 Å². The van der Waals surface area contributed by atoms with E-state index in [-0.39, 0.29) is 17.9 Å². The molecule has 1 aromatic carbocycles. The lowest BCUT2D eigenvalue weighted by atomic mass is 10.0. The fraction of sp³-hybridized carbons (Fsp3) is 0.333. The minimum atomic E-state index is -0.653. The van der Waals surface area contributed by atoms with E-state index >= 15 is 0 Å². The van der Waals surface area contributed by atoms with Gasteiger partial charge in [-0.2, -0.15) is 0 Å². The van der Waals surface area contributed by atoms with Crippen molar-refractivity contribution in [2.45, 2.75) is 13.0 Å². The van der Waals surface area contributed by atoms with E-state index < -0.39 is 11.9 Å². The maximum atomic E-state index is 13.2. The first-order chi connectivity index (χ1) is 6.07. The lowest BCUT2D eigenvalue weighted by Gasteiger charge is -2.13. The van der Waals surface area contributed by atoms with Gasteiger partial charge in [0.2, 0.25) is 0 Å². The van der Waals surface area contributed by atoms with Crippen LogP contribution < -0.4 is 11.5 Å². The maximum Gasteiger partial charge on any atom is 0.131 e. The van der Waals surface area contributed by atoms with Crippen molar-refractivity contribution in [3.05, 3.63) is 29.1 Å². The highest BCUT2D eigenvalue weighted by molar-refractivity contribution is 5.42. The van der Waals surface area contributed by atoms with Crippen molar-refractivity contribution in [1.82, 2.24) is 0 Å².